The highest BCUT2D eigenvalue weighted by atomic mass is 19.3. The molecule has 6 nitrogen and oxygen atoms in total. The van der Waals surface area contributed by atoms with Crippen molar-refractivity contribution in [3.63, 3.8) is 0 Å². The number of nitrogens with one attached hydrogen (secondary N) is 3. The molecule has 0 saturated heterocycles. The van der Waals surface area contributed by atoms with E-state index in [1.54, 1.807) is 25.2 Å². The Balaban J connectivity index is 2.43. The summed E-state index contributed by atoms with van der Waals surface area (Å²) in [5.41, 5.74) is 0.585. The minimum Gasteiger partial charge on any atom is -0.434 e. The number of halogens is 2. The molecule has 0 saturated carbocycles. The van der Waals surface area contributed by atoms with Crippen LogP contribution in [0.4, 0.5) is 8.78 Å². The summed E-state index contributed by atoms with van der Waals surface area (Å²) in [6, 6.07) is 6.54. The molecule has 24 heavy (non-hydrogen) atoms. The SMILES string of the molecule is CCCNC(=O)CCNC(=NC)NCc1ccccc1OC(F)F. The molecule has 8 heteroatoms. The van der Waals surface area contributed by atoms with E-state index in [1.165, 1.54) is 6.07 Å². The third-order valence-electron chi connectivity index (χ3n) is 3.08. The van der Waals surface area contributed by atoms with E-state index in [0.717, 1.165) is 6.42 Å². The van der Waals surface area contributed by atoms with Crippen LogP contribution < -0.4 is 20.7 Å². The van der Waals surface area contributed by atoms with Gasteiger partial charge in [0, 0.05) is 38.7 Å². The van der Waals surface area contributed by atoms with Crippen LogP contribution in [0.15, 0.2) is 29.3 Å². The number of carbonyl (C=O) groups excluding carboxylic acids is 1. The number of guanidine groups is 1. The molecule has 0 atom stereocenters. The maximum atomic E-state index is 12.4. The number of benzene rings is 1. The molecule has 1 aromatic carbocycles. The van der Waals surface area contributed by atoms with Crippen LogP contribution in [0.25, 0.3) is 0 Å². The predicted molar refractivity (Wildman–Crippen MR) is 89.2 cm³/mol. The summed E-state index contributed by atoms with van der Waals surface area (Å²) in [4.78, 5) is 15.5. The molecule has 0 heterocycles. The summed E-state index contributed by atoms with van der Waals surface area (Å²) in [6.07, 6.45) is 1.22. The smallest absolute Gasteiger partial charge is 0.387 e. The number of rotatable bonds is 9. The first-order valence-corrected chi connectivity index (χ1v) is 7.80. The standard InChI is InChI=1S/C16H24F2N4O2/c1-3-9-20-14(23)8-10-21-16(19-2)22-11-12-6-4-5-7-13(12)24-15(17)18/h4-7,15H,3,8-11H2,1-2H3,(H,20,23)(H2,19,21,22). The zero-order valence-corrected chi connectivity index (χ0v) is 13.9. The average Bonchev–Trinajstić information content (AvgIpc) is 2.56. The number of aliphatic imine (C=N–C) groups is 1. The van der Waals surface area contributed by atoms with Crippen molar-refractivity contribution in [2.75, 3.05) is 20.1 Å². The summed E-state index contributed by atoms with van der Waals surface area (Å²) in [7, 11) is 1.59. The molecule has 134 valence electrons. The van der Waals surface area contributed by atoms with E-state index in [0.29, 0.717) is 31.0 Å². The van der Waals surface area contributed by atoms with Gasteiger partial charge in [-0.05, 0) is 12.5 Å². The molecule has 0 spiro atoms. The molecule has 3 N–H and O–H groups in total. The van der Waals surface area contributed by atoms with Crippen LogP contribution in [0.2, 0.25) is 0 Å². The molecule has 1 rings (SSSR count). The van der Waals surface area contributed by atoms with Crippen molar-refractivity contribution in [3.8, 4) is 5.75 Å². The van der Waals surface area contributed by atoms with E-state index in [2.05, 4.69) is 25.7 Å². The Hall–Kier alpha value is -2.38. The van der Waals surface area contributed by atoms with Crippen LogP contribution in [0.5, 0.6) is 5.75 Å². The monoisotopic (exact) mass is 342 g/mol. The van der Waals surface area contributed by atoms with Crippen molar-refractivity contribution >= 4 is 11.9 Å². The van der Waals surface area contributed by atoms with Gasteiger partial charge in [0.1, 0.15) is 5.75 Å². The van der Waals surface area contributed by atoms with Gasteiger partial charge in [-0.1, -0.05) is 25.1 Å². The lowest BCUT2D eigenvalue weighted by Crippen LogP contribution is -2.39. The quantitative estimate of drug-likeness (QED) is 0.473. The second-order valence-corrected chi connectivity index (χ2v) is 4.94. The van der Waals surface area contributed by atoms with Gasteiger partial charge in [-0.25, -0.2) is 0 Å². The summed E-state index contributed by atoms with van der Waals surface area (Å²) in [5.74, 6) is 0.565. The minimum atomic E-state index is -2.87. The van der Waals surface area contributed by atoms with Gasteiger partial charge in [0.05, 0.1) is 0 Å². The van der Waals surface area contributed by atoms with Crippen LogP contribution in [0.1, 0.15) is 25.3 Å². The lowest BCUT2D eigenvalue weighted by atomic mass is 10.2. The lowest BCUT2D eigenvalue weighted by Gasteiger charge is -2.14. The number of nitrogens with zero attached hydrogens (tertiary/aromatic N) is 1. The van der Waals surface area contributed by atoms with Gasteiger partial charge >= 0.3 is 6.61 Å². The number of hydrogen-bond acceptors (Lipinski definition) is 3. The average molecular weight is 342 g/mol. The maximum Gasteiger partial charge on any atom is 0.387 e. The van der Waals surface area contributed by atoms with Gasteiger partial charge in [0.25, 0.3) is 0 Å². The van der Waals surface area contributed by atoms with E-state index in [4.69, 9.17) is 0 Å². The van der Waals surface area contributed by atoms with Crippen LogP contribution >= 0.6 is 0 Å². The first kappa shape index (κ1) is 19.7. The molecule has 0 unspecified atom stereocenters. The van der Waals surface area contributed by atoms with Gasteiger partial charge in [0.2, 0.25) is 5.91 Å². The molecule has 0 aromatic heterocycles. The highest BCUT2D eigenvalue weighted by Crippen LogP contribution is 2.19. The number of ether oxygens (including phenoxy) is 1. The van der Waals surface area contributed by atoms with Crippen molar-refractivity contribution in [1.82, 2.24) is 16.0 Å². The maximum absolute atomic E-state index is 12.4. The Bertz CT molecular complexity index is 539. The second kappa shape index (κ2) is 11.2. The van der Waals surface area contributed by atoms with Gasteiger partial charge in [0.15, 0.2) is 5.96 Å². The fraction of sp³-hybridized carbons (Fsp3) is 0.500. The molecular weight excluding hydrogens is 318 g/mol. The van der Waals surface area contributed by atoms with E-state index in [1.807, 2.05) is 6.92 Å². The van der Waals surface area contributed by atoms with Crippen LogP contribution in [0, 0.1) is 0 Å². The van der Waals surface area contributed by atoms with Crippen molar-refractivity contribution in [2.45, 2.75) is 32.9 Å². The molecular formula is C16H24F2N4O2. The van der Waals surface area contributed by atoms with Crippen LogP contribution in [-0.4, -0.2) is 38.6 Å². The number of amides is 1. The molecule has 0 fully saturated rings. The normalized spacial score (nSPS) is 11.3. The van der Waals surface area contributed by atoms with Crippen molar-refractivity contribution < 1.29 is 18.3 Å². The first-order chi connectivity index (χ1) is 11.6. The highest BCUT2D eigenvalue weighted by molar-refractivity contribution is 5.81. The van der Waals surface area contributed by atoms with Crippen LogP contribution in [0.3, 0.4) is 0 Å². The topological polar surface area (TPSA) is 74.8 Å². The number of alkyl halides is 2. The third kappa shape index (κ3) is 7.75. The second-order valence-electron chi connectivity index (χ2n) is 4.94. The number of para-hydroxylation sites is 1. The van der Waals surface area contributed by atoms with Crippen molar-refractivity contribution in [2.24, 2.45) is 4.99 Å². The zero-order valence-electron chi connectivity index (χ0n) is 13.9. The van der Waals surface area contributed by atoms with E-state index >= 15 is 0 Å². The molecule has 0 aliphatic carbocycles. The molecule has 0 aliphatic rings. The fourth-order valence-electron chi connectivity index (χ4n) is 1.91. The zero-order chi connectivity index (χ0) is 17.8. The molecule has 0 radical (unpaired) electrons. The molecule has 0 aliphatic heterocycles. The third-order valence-corrected chi connectivity index (χ3v) is 3.08. The first-order valence-electron chi connectivity index (χ1n) is 7.80. The number of carbonyl (C=O) groups is 1. The molecule has 1 amide bonds. The molecule has 1 aromatic rings. The summed E-state index contributed by atoms with van der Waals surface area (Å²) < 4.78 is 29.2. The van der Waals surface area contributed by atoms with Crippen molar-refractivity contribution in [1.29, 1.82) is 0 Å². The van der Waals surface area contributed by atoms with Gasteiger partial charge in [-0.2, -0.15) is 8.78 Å². The van der Waals surface area contributed by atoms with E-state index in [-0.39, 0.29) is 18.2 Å². The Kier molecular flexibility index (Phi) is 9.18. The lowest BCUT2D eigenvalue weighted by molar-refractivity contribution is -0.120. The Morgan fingerprint density at radius 3 is 2.62 bits per heavy atom. The van der Waals surface area contributed by atoms with Gasteiger partial charge < -0.3 is 20.7 Å². The van der Waals surface area contributed by atoms with Crippen LogP contribution in [-0.2, 0) is 11.3 Å². The predicted octanol–water partition coefficient (Wildman–Crippen LogP) is 1.87. The Labute approximate surface area is 140 Å². The Morgan fingerprint density at radius 2 is 1.96 bits per heavy atom. The van der Waals surface area contributed by atoms with Crippen molar-refractivity contribution in [3.05, 3.63) is 29.8 Å². The number of hydrogen-bond donors (Lipinski definition) is 3. The van der Waals surface area contributed by atoms with E-state index in [9.17, 15) is 13.6 Å². The Morgan fingerprint density at radius 1 is 1.21 bits per heavy atom. The fourth-order valence-corrected chi connectivity index (χ4v) is 1.91. The van der Waals surface area contributed by atoms with E-state index < -0.39 is 6.61 Å². The van der Waals surface area contributed by atoms with Gasteiger partial charge in [-0.3, -0.25) is 9.79 Å². The minimum absolute atomic E-state index is 0.0320. The molecule has 0 bridgehead atoms. The highest BCUT2D eigenvalue weighted by Gasteiger charge is 2.09. The van der Waals surface area contributed by atoms with Gasteiger partial charge in [-0.15, -0.1) is 0 Å². The summed E-state index contributed by atoms with van der Waals surface area (Å²) >= 11 is 0. The summed E-state index contributed by atoms with van der Waals surface area (Å²) in [6.45, 7) is 0.465. The summed E-state index contributed by atoms with van der Waals surface area (Å²) in [5, 5.41) is 8.78. The largest absolute Gasteiger partial charge is 0.434 e.